The molecule has 4 heteroatoms. The number of pyridine rings is 1. The van der Waals surface area contributed by atoms with Gasteiger partial charge in [0.15, 0.2) is 0 Å². The molecule has 0 saturated carbocycles. The highest BCUT2D eigenvalue weighted by Gasteiger charge is 2.10. The van der Waals surface area contributed by atoms with Crippen molar-refractivity contribution < 1.29 is 14.2 Å². The topological polar surface area (TPSA) is 42.4 Å². The lowest BCUT2D eigenvalue weighted by Crippen LogP contribution is -1.97. The molecule has 1 aromatic heterocycles. The van der Waals surface area contributed by atoms with Crippen LogP contribution >= 0.6 is 0 Å². The number of methoxy groups -OCH3 is 1. The van der Waals surface area contributed by atoms with E-state index in [2.05, 4.69) is 4.98 Å². The average molecular weight is 261 g/mol. The zero-order chi connectivity index (χ0) is 14.0. The standard InChI is InChI=1S/C15H16FNO2/c1-9-5-15(19-3)10(2)4-12(9)11-6-13(16)14(8-18)17-7-11/h4-7,18H,8H2,1-3H3. The molecule has 0 bridgehead atoms. The van der Waals surface area contributed by atoms with Crippen LogP contribution in [0.3, 0.4) is 0 Å². The highest BCUT2D eigenvalue weighted by molar-refractivity contribution is 5.69. The molecule has 1 N–H and O–H groups in total. The minimum Gasteiger partial charge on any atom is -0.496 e. The van der Waals surface area contributed by atoms with Crippen LogP contribution in [-0.2, 0) is 6.61 Å². The number of rotatable bonds is 3. The van der Waals surface area contributed by atoms with E-state index in [-0.39, 0.29) is 5.69 Å². The van der Waals surface area contributed by atoms with Crippen LogP contribution in [0.4, 0.5) is 4.39 Å². The fourth-order valence-electron chi connectivity index (χ4n) is 2.05. The maximum absolute atomic E-state index is 13.7. The summed E-state index contributed by atoms with van der Waals surface area (Å²) in [6.07, 6.45) is 1.57. The van der Waals surface area contributed by atoms with E-state index in [9.17, 15) is 4.39 Å². The summed E-state index contributed by atoms with van der Waals surface area (Å²) in [5.41, 5.74) is 3.63. The van der Waals surface area contributed by atoms with Crippen LogP contribution in [0.1, 0.15) is 16.8 Å². The second kappa shape index (κ2) is 5.36. The predicted octanol–water partition coefficient (Wildman–Crippen LogP) is 3.01. The van der Waals surface area contributed by atoms with Crippen molar-refractivity contribution in [2.45, 2.75) is 20.5 Å². The van der Waals surface area contributed by atoms with Gasteiger partial charge in [0, 0.05) is 11.8 Å². The second-order valence-electron chi connectivity index (χ2n) is 4.45. The molecule has 0 aliphatic rings. The molecule has 0 amide bonds. The van der Waals surface area contributed by atoms with Crippen LogP contribution in [0.15, 0.2) is 24.4 Å². The van der Waals surface area contributed by atoms with Crippen molar-refractivity contribution in [2.75, 3.05) is 7.11 Å². The van der Waals surface area contributed by atoms with Gasteiger partial charge in [0.2, 0.25) is 0 Å². The van der Waals surface area contributed by atoms with Gasteiger partial charge in [-0.2, -0.15) is 0 Å². The molecular formula is C15H16FNO2. The molecule has 3 nitrogen and oxygen atoms in total. The Balaban J connectivity index is 2.53. The van der Waals surface area contributed by atoms with Gasteiger partial charge >= 0.3 is 0 Å². The van der Waals surface area contributed by atoms with Gasteiger partial charge in [-0.25, -0.2) is 4.39 Å². The Hall–Kier alpha value is -1.94. The molecule has 0 unspecified atom stereocenters. The predicted molar refractivity (Wildman–Crippen MR) is 71.6 cm³/mol. The smallest absolute Gasteiger partial charge is 0.147 e. The summed E-state index contributed by atoms with van der Waals surface area (Å²) in [4.78, 5) is 3.93. The normalized spacial score (nSPS) is 10.6. The van der Waals surface area contributed by atoms with Crippen molar-refractivity contribution in [3.8, 4) is 16.9 Å². The molecule has 0 fully saturated rings. The molecule has 2 rings (SSSR count). The maximum Gasteiger partial charge on any atom is 0.147 e. The lowest BCUT2D eigenvalue weighted by atomic mass is 9.98. The highest BCUT2D eigenvalue weighted by Crippen LogP contribution is 2.30. The van der Waals surface area contributed by atoms with Gasteiger partial charge in [0.25, 0.3) is 0 Å². The molecule has 2 aromatic rings. The van der Waals surface area contributed by atoms with Gasteiger partial charge in [-0.15, -0.1) is 0 Å². The number of nitrogens with zero attached hydrogens (tertiary/aromatic N) is 1. The van der Waals surface area contributed by atoms with Gasteiger partial charge in [0.1, 0.15) is 17.3 Å². The number of benzene rings is 1. The SMILES string of the molecule is COc1cc(C)c(-c2cnc(CO)c(F)c2)cc1C. The molecule has 0 saturated heterocycles. The Morgan fingerprint density at radius 3 is 2.53 bits per heavy atom. The van der Waals surface area contributed by atoms with Gasteiger partial charge in [-0.3, -0.25) is 4.98 Å². The van der Waals surface area contributed by atoms with Crippen LogP contribution in [0, 0.1) is 19.7 Å². The largest absolute Gasteiger partial charge is 0.496 e. The minimum atomic E-state index is -0.493. The van der Waals surface area contributed by atoms with Crippen LogP contribution in [0.5, 0.6) is 5.75 Å². The van der Waals surface area contributed by atoms with Crippen molar-refractivity contribution in [1.29, 1.82) is 0 Å². The number of aliphatic hydroxyl groups is 1. The molecule has 0 atom stereocenters. The summed E-state index contributed by atoms with van der Waals surface area (Å²) in [5, 5.41) is 8.93. The van der Waals surface area contributed by atoms with Crippen LogP contribution in [0.25, 0.3) is 11.1 Å². The van der Waals surface area contributed by atoms with Crippen molar-refractivity contribution in [3.05, 3.63) is 47.0 Å². The fraction of sp³-hybridized carbons (Fsp3) is 0.267. The highest BCUT2D eigenvalue weighted by atomic mass is 19.1. The Morgan fingerprint density at radius 1 is 1.21 bits per heavy atom. The van der Waals surface area contributed by atoms with E-state index in [0.717, 1.165) is 22.4 Å². The first-order valence-corrected chi connectivity index (χ1v) is 5.97. The third-order valence-corrected chi connectivity index (χ3v) is 3.12. The second-order valence-corrected chi connectivity index (χ2v) is 4.45. The zero-order valence-corrected chi connectivity index (χ0v) is 11.2. The van der Waals surface area contributed by atoms with Gasteiger partial charge in [0.05, 0.1) is 13.7 Å². The van der Waals surface area contributed by atoms with E-state index in [1.807, 2.05) is 26.0 Å². The lowest BCUT2D eigenvalue weighted by Gasteiger charge is -2.12. The first-order chi connectivity index (χ1) is 9.06. The van der Waals surface area contributed by atoms with Crippen molar-refractivity contribution in [2.24, 2.45) is 0 Å². The summed E-state index contributed by atoms with van der Waals surface area (Å²) < 4.78 is 18.9. The molecule has 100 valence electrons. The van der Waals surface area contributed by atoms with Crippen LogP contribution in [0.2, 0.25) is 0 Å². The Kier molecular flexibility index (Phi) is 3.81. The monoisotopic (exact) mass is 261 g/mol. The lowest BCUT2D eigenvalue weighted by molar-refractivity contribution is 0.270. The van der Waals surface area contributed by atoms with Crippen molar-refractivity contribution in [3.63, 3.8) is 0 Å². The molecule has 19 heavy (non-hydrogen) atoms. The fourth-order valence-corrected chi connectivity index (χ4v) is 2.05. The zero-order valence-electron chi connectivity index (χ0n) is 11.2. The van der Waals surface area contributed by atoms with Crippen LogP contribution < -0.4 is 4.74 Å². The molecule has 0 spiro atoms. The van der Waals surface area contributed by atoms with E-state index >= 15 is 0 Å². The summed E-state index contributed by atoms with van der Waals surface area (Å²) in [5.74, 6) is 0.314. The quantitative estimate of drug-likeness (QED) is 0.923. The van der Waals surface area contributed by atoms with Gasteiger partial charge in [-0.1, -0.05) is 0 Å². The summed E-state index contributed by atoms with van der Waals surface area (Å²) >= 11 is 0. The van der Waals surface area contributed by atoms with E-state index in [1.54, 1.807) is 13.3 Å². The molecular weight excluding hydrogens is 245 g/mol. The molecule has 0 radical (unpaired) electrons. The number of hydrogen-bond donors (Lipinski definition) is 1. The van der Waals surface area contributed by atoms with E-state index in [0.29, 0.717) is 5.56 Å². The summed E-state index contributed by atoms with van der Waals surface area (Å²) in [6, 6.07) is 5.26. The van der Waals surface area contributed by atoms with Crippen molar-refractivity contribution in [1.82, 2.24) is 4.98 Å². The maximum atomic E-state index is 13.7. The Labute approximate surface area is 111 Å². The number of aryl methyl sites for hydroxylation is 2. The Bertz CT molecular complexity index is 611. The first-order valence-electron chi connectivity index (χ1n) is 5.97. The number of halogens is 1. The molecule has 0 aliphatic heterocycles. The number of aliphatic hydroxyl groups excluding tert-OH is 1. The minimum absolute atomic E-state index is 0.0617. The average Bonchev–Trinajstić information content (AvgIpc) is 2.40. The summed E-state index contributed by atoms with van der Waals surface area (Å²) in [7, 11) is 1.62. The van der Waals surface area contributed by atoms with Crippen LogP contribution in [-0.4, -0.2) is 17.2 Å². The van der Waals surface area contributed by atoms with E-state index in [1.165, 1.54) is 6.07 Å². The van der Waals surface area contributed by atoms with Crippen molar-refractivity contribution >= 4 is 0 Å². The Morgan fingerprint density at radius 2 is 1.95 bits per heavy atom. The number of ether oxygens (including phenoxy) is 1. The third-order valence-electron chi connectivity index (χ3n) is 3.12. The van der Waals surface area contributed by atoms with Gasteiger partial charge < -0.3 is 9.84 Å². The van der Waals surface area contributed by atoms with E-state index < -0.39 is 12.4 Å². The van der Waals surface area contributed by atoms with Gasteiger partial charge in [-0.05, 0) is 48.7 Å². The molecule has 0 aliphatic carbocycles. The third kappa shape index (κ3) is 2.58. The summed E-state index contributed by atoms with van der Waals surface area (Å²) in [6.45, 7) is 3.48. The molecule has 1 aromatic carbocycles. The first kappa shape index (κ1) is 13.5. The molecule has 1 heterocycles. The number of hydrogen-bond acceptors (Lipinski definition) is 3. The number of aromatic nitrogens is 1. The van der Waals surface area contributed by atoms with E-state index in [4.69, 9.17) is 9.84 Å².